The normalized spacial score (nSPS) is 22.3. The van der Waals surface area contributed by atoms with Gasteiger partial charge in [0.25, 0.3) is 0 Å². The van der Waals surface area contributed by atoms with E-state index in [0.717, 1.165) is 31.1 Å². The largest absolute Gasteiger partial charge is 0.365 e. The number of anilines is 1. The summed E-state index contributed by atoms with van der Waals surface area (Å²) in [5, 5.41) is 7.01. The SMILES string of the molecule is CNC(=O)C(C)[C@@]1(P)CCC[C@@H](Nc2nc(-c3c[nH]c4ncc(Cl)cc34)ncc2F)C1. The number of nitrogens with zero attached hydrogens (tertiary/aromatic N) is 3. The second-order valence-electron chi connectivity index (χ2n) is 8.15. The number of carbonyl (C=O) groups excluding carboxylic acids is 1. The Morgan fingerprint density at radius 2 is 2.23 bits per heavy atom. The number of amides is 1. The van der Waals surface area contributed by atoms with Crippen LogP contribution in [-0.2, 0) is 4.79 Å². The first-order chi connectivity index (χ1) is 14.8. The van der Waals surface area contributed by atoms with E-state index in [1.807, 2.05) is 6.92 Å². The van der Waals surface area contributed by atoms with Crippen LogP contribution in [0.25, 0.3) is 22.4 Å². The highest BCUT2D eigenvalue weighted by molar-refractivity contribution is 7.19. The quantitative estimate of drug-likeness (QED) is 0.495. The summed E-state index contributed by atoms with van der Waals surface area (Å²) < 4.78 is 14.6. The molecule has 3 N–H and O–H groups in total. The topological polar surface area (TPSA) is 95.6 Å². The molecule has 3 heterocycles. The molecule has 164 valence electrons. The maximum atomic E-state index is 14.6. The minimum atomic E-state index is -0.515. The molecule has 4 rings (SSSR count). The van der Waals surface area contributed by atoms with E-state index in [1.54, 1.807) is 25.5 Å². The number of rotatable bonds is 5. The zero-order chi connectivity index (χ0) is 22.2. The Bertz CT molecular complexity index is 1120. The molecule has 1 fully saturated rings. The Labute approximate surface area is 187 Å². The van der Waals surface area contributed by atoms with Crippen molar-refractivity contribution < 1.29 is 9.18 Å². The highest BCUT2D eigenvalue weighted by atomic mass is 35.5. The van der Waals surface area contributed by atoms with E-state index in [9.17, 15) is 9.18 Å². The van der Waals surface area contributed by atoms with E-state index in [0.29, 0.717) is 22.1 Å². The van der Waals surface area contributed by atoms with Gasteiger partial charge in [-0.25, -0.2) is 19.3 Å². The lowest BCUT2D eigenvalue weighted by Crippen LogP contribution is -2.46. The maximum Gasteiger partial charge on any atom is 0.223 e. The Kier molecular flexibility index (Phi) is 6.13. The Hall–Kier alpha value is -2.31. The van der Waals surface area contributed by atoms with Crippen molar-refractivity contribution in [2.45, 2.75) is 43.8 Å². The summed E-state index contributed by atoms with van der Waals surface area (Å²) >= 11 is 6.09. The predicted octanol–water partition coefficient (Wildman–Crippen LogP) is 4.16. The number of nitrogens with one attached hydrogen (secondary N) is 3. The van der Waals surface area contributed by atoms with E-state index >= 15 is 0 Å². The van der Waals surface area contributed by atoms with Crippen molar-refractivity contribution in [1.82, 2.24) is 25.3 Å². The lowest BCUT2D eigenvalue weighted by molar-refractivity contribution is -0.125. The number of hydrogen-bond acceptors (Lipinski definition) is 5. The minimum absolute atomic E-state index is 0.00492. The summed E-state index contributed by atoms with van der Waals surface area (Å²) in [6.45, 7) is 1.94. The van der Waals surface area contributed by atoms with Crippen LogP contribution in [0, 0.1) is 11.7 Å². The molecule has 0 aliphatic heterocycles. The Balaban J connectivity index is 1.59. The van der Waals surface area contributed by atoms with Crippen LogP contribution < -0.4 is 10.6 Å². The van der Waals surface area contributed by atoms with Gasteiger partial charge in [0.15, 0.2) is 17.5 Å². The molecule has 1 aliphatic carbocycles. The van der Waals surface area contributed by atoms with Gasteiger partial charge in [-0.15, -0.1) is 9.24 Å². The second-order valence-corrected chi connectivity index (χ2v) is 9.74. The van der Waals surface area contributed by atoms with Crippen LogP contribution in [0.2, 0.25) is 5.02 Å². The van der Waals surface area contributed by atoms with E-state index < -0.39 is 5.82 Å². The fourth-order valence-electron chi connectivity index (χ4n) is 4.29. The van der Waals surface area contributed by atoms with Gasteiger partial charge in [-0.1, -0.05) is 24.9 Å². The Morgan fingerprint density at radius 1 is 1.42 bits per heavy atom. The number of aromatic nitrogens is 4. The summed E-state index contributed by atoms with van der Waals surface area (Å²) in [7, 11) is 4.52. The zero-order valence-electron chi connectivity index (χ0n) is 17.4. The molecule has 0 saturated heterocycles. The van der Waals surface area contributed by atoms with Crippen LogP contribution >= 0.6 is 20.8 Å². The summed E-state index contributed by atoms with van der Waals surface area (Å²) in [4.78, 5) is 28.1. The molecule has 1 saturated carbocycles. The average Bonchev–Trinajstić information content (AvgIpc) is 3.17. The molecule has 0 spiro atoms. The van der Waals surface area contributed by atoms with Gasteiger partial charge in [0.05, 0.1) is 11.2 Å². The van der Waals surface area contributed by atoms with Crippen LogP contribution in [-0.4, -0.2) is 44.1 Å². The van der Waals surface area contributed by atoms with Crippen molar-refractivity contribution >= 4 is 43.6 Å². The molecule has 31 heavy (non-hydrogen) atoms. The van der Waals surface area contributed by atoms with Gasteiger partial charge in [0.2, 0.25) is 5.91 Å². The van der Waals surface area contributed by atoms with Crippen LogP contribution in [0.4, 0.5) is 10.2 Å². The maximum absolute atomic E-state index is 14.6. The number of pyridine rings is 1. The van der Waals surface area contributed by atoms with Gasteiger partial charge in [0.1, 0.15) is 5.65 Å². The lowest BCUT2D eigenvalue weighted by Gasteiger charge is -2.41. The van der Waals surface area contributed by atoms with Crippen LogP contribution in [0.1, 0.15) is 32.6 Å². The van der Waals surface area contributed by atoms with Crippen LogP contribution in [0.5, 0.6) is 0 Å². The summed E-state index contributed by atoms with van der Waals surface area (Å²) in [6.07, 6.45) is 7.93. The Morgan fingerprint density at radius 3 is 3.00 bits per heavy atom. The summed E-state index contributed by atoms with van der Waals surface area (Å²) in [5.74, 6) is -0.134. The first kappa shape index (κ1) is 21.9. The number of aromatic amines is 1. The zero-order valence-corrected chi connectivity index (χ0v) is 19.3. The van der Waals surface area contributed by atoms with Gasteiger partial charge >= 0.3 is 0 Å². The van der Waals surface area contributed by atoms with Crippen LogP contribution in [0.3, 0.4) is 0 Å². The highest BCUT2D eigenvalue weighted by Gasteiger charge is 2.40. The third-order valence-electron chi connectivity index (χ3n) is 6.15. The molecule has 3 aromatic heterocycles. The molecule has 0 radical (unpaired) electrons. The van der Waals surface area contributed by atoms with Gasteiger partial charge in [-0.3, -0.25) is 4.79 Å². The lowest BCUT2D eigenvalue weighted by atomic mass is 9.77. The highest BCUT2D eigenvalue weighted by Crippen LogP contribution is 2.43. The van der Waals surface area contributed by atoms with Gasteiger partial charge in [-0.05, 0) is 30.5 Å². The van der Waals surface area contributed by atoms with Crippen molar-refractivity contribution in [3.8, 4) is 11.4 Å². The molecule has 1 amide bonds. The third kappa shape index (κ3) is 4.37. The first-order valence-corrected chi connectivity index (χ1v) is 11.2. The van der Waals surface area contributed by atoms with Gasteiger partial charge in [0, 0.05) is 42.4 Å². The molecule has 1 aliphatic rings. The summed E-state index contributed by atoms with van der Waals surface area (Å²) in [5.41, 5.74) is 1.36. The number of halogens is 2. The standard InChI is InChI=1S/C21H25ClFN6OP/c1-11(20(30)24-2)21(31)5-3-4-13(7-21)28-19-16(23)10-27-18(29-19)15-9-26-17-14(15)6-12(22)8-25-17/h6,8-11,13H,3-5,7,31H2,1-2H3,(H,24,30)(H,25,26)(H,27,28,29)/t11?,13-,21-/m1/s1. The fourth-order valence-corrected chi connectivity index (χ4v) is 5.09. The minimum Gasteiger partial charge on any atom is -0.365 e. The van der Waals surface area contributed by atoms with E-state index in [2.05, 4.69) is 39.8 Å². The van der Waals surface area contributed by atoms with Gasteiger partial charge < -0.3 is 15.6 Å². The molecule has 7 nitrogen and oxygen atoms in total. The molecule has 0 bridgehead atoms. The van der Waals surface area contributed by atoms with E-state index in [-0.39, 0.29) is 28.8 Å². The number of H-pyrrole nitrogens is 1. The molecule has 4 atom stereocenters. The van der Waals surface area contributed by atoms with Crippen LogP contribution in [0.15, 0.2) is 24.7 Å². The smallest absolute Gasteiger partial charge is 0.223 e. The van der Waals surface area contributed by atoms with Crippen molar-refractivity contribution in [3.63, 3.8) is 0 Å². The molecule has 2 unspecified atom stereocenters. The van der Waals surface area contributed by atoms with Crippen molar-refractivity contribution in [2.75, 3.05) is 12.4 Å². The van der Waals surface area contributed by atoms with Crippen molar-refractivity contribution in [2.24, 2.45) is 5.92 Å². The first-order valence-electron chi connectivity index (χ1n) is 10.2. The van der Waals surface area contributed by atoms with Crippen molar-refractivity contribution in [1.29, 1.82) is 0 Å². The average molecular weight is 463 g/mol. The number of carbonyl (C=O) groups is 1. The monoisotopic (exact) mass is 462 g/mol. The van der Waals surface area contributed by atoms with Crippen molar-refractivity contribution in [3.05, 3.63) is 35.5 Å². The summed E-state index contributed by atoms with van der Waals surface area (Å²) in [6, 6.07) is 1.77. The molecule has 10 heteroatoms. The third-order valence-corrected chi connectivity index (χ3v) is 7.38. The molecule has 3 aromatic rings. The molecular weight excluding hydrogens is 438 g/mol. The number of hydrogen-bond donors (Lipinski definition) is 3. The molecular formula is C21H25ClFN6OP. The number of fused-ring (bicyclic) bond motifs is 1. The molecule has 0 aromatic carbocycles. The fraction of sp³-hybridized carbons (Fsp3) is 0.429. The van der Waals surface area contributed by atoms with E-state index in [1.165, 1.54) is 6.20 Å². The second kappa shape index (κ2) is 8.67. The van der Waals surface area contributed by atoms with Gasteiger partial charge in [-0.2, -0.15) is 0 Å². The predicted molar refractivity (Wildman–Crippen MR) is 124 cm³/mol. The van der Waals surface area contributed by atoms with E-state index in [4.69, 9.17) is 11.6 Å².